The van der Waals surface area contributed by atoms with Crippen molar-refractivity contribution in [3.63, 3.8) is 0 Å². The molecule has 1 amide bonds. The fraction of sp³-hybridized carbons (Fsp3) is 0.545. The second-order valence-corrected chi connectivity index (χ2v) is 3.91. The summed E-state index contributed by atoms with van der Waals surface area (Å²) in [4.78, 5) is 29.2. The number of carbonyl (C=O) groups is 2. The zero-order valence-corrected chi connectivity index (χ0v) is 10.7. The Bertz CT molecular complexity index is 393. The Morgan fingerprint density at radius 3 is 2.95 bits per heavy atom. The fourth-order valence-corrected chi connectivity index (χ4v) is 1.44. The molecule has 0 radical (unpaired) electrons. The second-order valence-electron chi connectivity index (χ2n) is 3.91. The summed E-state index contributed by atoms with van der Waals surface area (Å²) in [5.74, 6) is -1.46. The number of H-pyrrole nitrogens is 1. The minimum absolute atomic E-state index is 0.0517. The quantitative estimate of drug-likeness (QED) is 0.417. The first kappa shape index (κ1) is 15.1. The van der Waals surface area contributed by atoms with Crippen molar-refractivity contribution in [2.45, 2.75) is 12.5 Å². The van der Waals surface area contributed by atoms with Crippen molar-refractivity contribution in [2.75, 3.05) is 26.8 Å². The lowest BCUT2D eigenvalue weighted by atomic mass is 10.1. The molecule has 1 rings (SSSR count). The number of rotatable bonds is 9. The molecular weight excluding hydrogens is 252 g/mol. The highest BCUT2D eigenvalue weighted by Crippen LogP contribution is 1.98. The number of nitrogens with zero attached hydrogens (tertiary/aromatic N) is 1. The third-order valence-electron chi connectivity index (χ3n) is 2.38. The number of carboxylic acids is 1. The number of nitrogens with one attached hydrogen (secondary N) is 3. The molecule has 0 fully saturated rings. The lowest BCUT2D eigenvalue weighted by Gasteiger charge is -2.13. The molecule has 0 saturated carbocycles. The number of hydrogen-bond donors (Lipinski definition) is 4. The molecule has 1 aromatic heterocycles. The molecule has 0 aliphatic carbocycles. The van der Waals surface area contributed by atoms with E-state index in [9.17, 15) is 9.59 Å². The van der Waals surface area contributed by atoms with Crippen LogP contribution in [0.1, 0.15) is 5.69 Å². The molecule has 1 heterocycles. The topological polar surface area (TPSA) is 116 Å². The lowest BCUT2D eigenvalue weighted by molar-refractivity contribution is -0.141. The molecule has 0 aliphatic rings. The highest BCUT2D eigenvalue weighted by Gasteiger charge is 2.20. The van der Waals surface area contributed by atoms with Crippen molar-refractivity contribution in [3.05, 3.63) is 18.2 Å². The zero-order valence-electron chi connectivity index (χ0n) is 10.7. The largest absolute Gasteiger partial charge is 0.480 e. The summed E-state index contributed by atoms with van der Waals surface area (Å²) in [6, 6.07) is -0.975. The van der Waals surface area contributed by atoms with Crippen LogP contribution in [0.15, 0.2) is 12.5 Å². The molecule has 0 aliphatic heterocycles. The predicted octanol–water partition coefficient (Wildman–Crippen LogP) is -1.24. The second kappa shape index (κ2) is 8.22. The van der Waals surface area contributed by atoms with Gasteiger partial charge in [0, 0.05) is 32.0 Å². The Morgan fingerprint density at radius 2 is 2.37 bits per heavy atom. The number of aromatic amines is 1. The fourth-order valence-electron chi connectivity index (χ4n) is 1.44. The monoisotopic (exact) mass is 270 g/mol. The summed E-state index contributed by atoms with van der Waals surface area (Å²) < 4.78 is 4.81. The summed E-state index contributed by atoms with van der Waals surface area (Å²) in [7, 11) is 1.56. The van der Waals surface area contributed by atoms with Crippen LogP contribution < -0.4 is 10.6 Å². The van der Waals surface area contributed by atoms with E-state index < -0.39 is 12.0 Å². The van der Waals surface area contributed by atoms with Crippen LogP contribution in [0.5, 0.6) is 0 Å². The Morgan fingerprint density at radius 1 is 1.58 bits per heavy atom. The maximum absolute atomic E-state index is 11.5. The van der Waals surface area contributed by atoms with Gasteiger partial charge < -0.3 is 25.5 Å². The number of imidazole rings is 1. The van der Waals surface area contributed by atoms with Crippen LogP contribution in [0.3, 0.4) is 0 Å². The number of ether oxygens (including phenoxy) is 1. The van der Waals surface area contributed by atoms with Gasteiger partial charge >= 0.3 is 5.97 Å². The van der Waals surface area contributed by atoms with Gasteiger partial charge in [-0.05, 0) is 0 Å². The van der Waals surface area contributed by atoms with Crippen molar-refractivity contribution < 1.29 is 19.4 Å². The van der Waals surface area contributed by atoms with Gasteiger partial charge in [0.25, 0.3) is 0 Å². The van der Waals surface area contributed by atoms with Gasteiger partial charge in [-0.2, -0.15) is 0 Å². The van der Waals surface area contributed by atoms with Gasteiger partial charge in [-0.3, -0.25) is 4.79 Å². The highest BCUT2D eigenvalue weighted by molar-refractivity contribution is 5.84. The molecular formula is C11H18N4O4. The molecule has 106 valence electrons. The van der Waals surface area contributed by atoms with Crippen LogP contribution in [0, 0.1) is 0 Å². The van der Waals surface area contributed by atoms with E-state index in [-0.39, 0.29) is 18.9 Å². The number of hydrogen-bond acceptors (Lipinski definition) is 5. The smallest absolute Gasteiger partial charge is 0.326 e. The SMILES string of the molecule is COCCNCC(=O)N[C@@H](Cc1cnc[nH]1)C(=O)O. The van der Waals surface area contributed by atoms with Crippen molar-refractivity contribution in [1.29, 1.82) is 0 Å². The van der Waals surface area contributed by atoms with Crippen molar-refractivity contribution >= 4 is 11.9 Å². The lowest BCUT2D eigenvalue weighted by Crippen LogP contribution is -2.46. The van der Waals surface area contributed by atoms with Crippen molar-refractivity contribution in [3.8, 4) is 0 Å². The summed E-state index contributed by atoms with van der Waals surface area (Å²) in [5.41, 5.74) is 0.653. The summed E-state index contributed by atoms with van der Waals surface area (Å²) in [5, 5.41) is 14.3. The maximum atomic E-state index is 11.5. The highest BCUT2D eigenvalue weighted by atomic mass is 16.5. The number of amides is 1. The average Bonchev–Trinajstić information content (AvgIpc) is 2.86. The van der Waals surface area contributed by atoms with E-state index in [4.69, 9.17) is 9.84 Å². The number of methoxy groups -OCH3 is 1. The van der Waals surface area contributed by atoms with E-state index in [1.165, 1.54) is 12.5 Å². The van der Waals surface area contributed by atoms with Crippen LogP contribution in [0.4, 0.5) is 0 Å². The molecule has 8 nitrogen and oxygen atoms in total. The number of aromatic nitrogens is 2. The molecule has 0 saturated heterocycles. The van der Waals surface area contributed by atoms with Crippen LogP contribution >= 0.6 is 0 Å². The molecule has 0 spiro atoms. The Hall–Kier alpha value is -1.93. The van der Waals surface area contributed by atoms with E-state index in [2.05, 4.69) is 20.6 Å². The molecule has 19 heavy (non-hydrogen) atoms. The van der Waals surface area contributed by atoms with Gasteiger partial charge in [0.15, 0.2) is 0 Å². The first-order chi connectivity index (χ1) is 9.13. The standard InChI is InChI=1S/C11H18N4O4/c1-19-3-2-12-6-10(16)15-9(11(17)18)4-8-5-13-7-14-8/h5,7,9,12H,2-4,6H2,1H3,(H,13,14)(H,15,16)(H,17,18)/t9-/m0/s1. The Kier molecular flexibility index (Phi) is 6.55. The van der Waals surface area contributed by atoms with Crippen molar-refractivity contribution in [2.24, 2.45) is 0 Å². The van der Waals surface area contributed by atoms with Crippen LogP contribution in [0.2, 0.25) is 0 Å². The zero-order chi connectivity index (χ0) is 14.1. The third kappa shape index (κ3) is 5.98. The van der Waals surface area contributed by atoms with Gasteiger partial charge in [0.2, 0.25) is 5.91 Å². The van der Waals surface area contributed by atoms with Crippen LogP contribution in [-0.2, 0) is 20.7 Å². The average molecular weight is 270 g/mol. The minimum atomic E-state index is -1.08. The van der Waals surface area contributed by atoms with E-state index in [0.717, 1.165) is 0 Å². The molecule has 0 aromatic carbocycles. The van der Waals surface area contributed by atoms with E-state index in [0.29, 0.717) is 18.8 Å². The summed E-state index contributed by atoms with van der Waals surface area (Å²) in [6.07, 6.45) is 3.15. The Labute approximate surface area is 110 Å². The number of aliphatic carboxylic acids is 1. The first-order valence-electron chi connectivity index (χ1n) is 5.82. The van der Waals surface area contributed by atoms with Gasteiger partial charge in [0.05, 0.1) is 19.5 Å². The van der Waals surface area contributed by atoms with E-state index >= 15 is 0 Å². The summed E-state index contributed by atoms with van der Waals surface area (Å²) >= 11 is 0. The van der Waals surface area contributed by atoms with E-state index in [1.807, 2.05) is 0 Å². The van der Waals surface area contributed by atoms with E-state index in [1.54, 1.807) is 7.11 Å². The number of carbonyl (C=O) groups excluding carboxylic acids is 1. The molecule has 0 unspecified atom stereocenters. The Balaban J connectivity index is 2.36. The predicted molar refractivity (Wildman–Crippen MR) is 66.6 cm³/mol. The van der Waals surface area contributed by atoms with Crippen LogP contribution in [0.25, 0.3) is 0 Å². The van der Waals surface area contributed by atoms with Gasteiger partial charge in [-0.25, -0.2) is 9.78 Å². The normalized spacial score (nSPS) is 12.1. The molecule has 1 aromatic rings. The van der Waals surface area contributed by atoms with Gasteiger partial charge in [-0.15, -0.1) is 0 Å². The van der Waals surface area contributed by atoms with Gasteiger partial charge in [0.1, 0.15) is 6.04 Å². The molecule has 8 heteroatoms. The number of carboxylic acid groups (broad SMARTS) is 1. The van der Waals surface area contributed by atoms with Crippen LogP contribution in [-0.4, -0.2) is 59.8 Å². The molecule has 1 atom stereocenters. The molecule has 0 bridgehead atoms. The van der Waals surface area contributed by atoms with Crippen molar-refractivity contribution in [1.82, 2.24) is 20.6 Å². The molecule has 4 N–H and O–H groups in total. The first-order valence-corrected chi connectivity index (χ1v) is 5.82. The van der Waals surface area contributed by atoms with Gasteiger partial charge in [-0.1, -0.05) is 0 Å². The maximum Gasteiger partial charge on any atom is 0.326 e. The summed E-state index contributed by atoms with van der Waals surface area (Å²) in [6.45, 7) is 1.07. The third-order valence-corrected chi connectivity index (χ3v) is 2.38. The minimum Gasteiger partial charge on any atom is -0.480 e.